The summed E-state index contributed by atoms with van der Waals surface area (Å²) in [6, 6.07) is 12.8. The van der Waals surface area contributed by atoms with Crippen LogP contribution in [0, 0.1) is 5.41 Å². The van der Waals surface area contributed by atoms with Crippen LogP contribution in [0.4, 0.5) is 0 Å². The number of quaternary nitrogens is 1. The highest BCUT2D eigenvalue weighted by Gasteiger charge is 2.07. The van der Waals surface area contributed by atoms with Crippen LogP contribution in [0.25, 0.3) is 0 Å². The zero-order chi connectivity index (χ0) is 15.9. The first kappa shape index (κ1) is 16.6. The second-order valence-corrected chi connectivity index (χ2v) is 5.44. The van der Waals surface area contributed by atoms with Crippen molar-refractivity contribution < 1.29 is 10.1 Å². The first-order chi connectivity index (χ1) is 10.6. The van der Waals surface area contributed by atoms with Crippen LogP contribution in [0.15, 0.2) is 54.7 Å². The van der Waals surface area contributed by atoms with Crippen LogP contribution in [0.3, 0.4) is 0 Å². The van der Waals surface area contributed by atoms with E-state index in [-0.39, 0.29) is 6.61 Å². The number of benzene rings is 2. The molecule has 0 atom stereocenters. The number of allylic oxidation sites excluding steroid dienone is 1. The van der Waals surface area contributed by atoms with Gasteiger partial charge in [0, 0.05) is 27.2 Å². The average Bonchev–Trinajstić information content (AvgIpc) is 2.52. The van der Waals surface area contributed by atoms with Gasteiger partial charge in [0.2, 0.25) is 0 Å². The van der Waals surface area contributed by atoms with Crippen molar-refractivity contribution in [3.05, 3.63) is 75.9 Å². The van der Waals surface area contributed by atoms with Gasteiger partial charge in [0.1, 0.15) is 12.4 Å². The minimum absolute atomic E-state index is 0.286. The lowest BCUT2D eigenvalue weighted by molar-refractivity contribution is -0.556. The molecule has 0 spiro atoms. The average molecular weight is 336 g/mol. The van der Waals surface area contributed by atoms with Crippen LogP contribution in [0.2, 0.25) is 10.0 Å². The molecule has 114 valence electrons. The van der Waals surface area contributed by atoms with Gasteiger partial charge in [-0.3, -0.25) is 0 Å². The SMILES string of the molecule is C[NH2+]/C=C\C(=N)c1cccc(OCc2c(Cl)cccc2Cl)c1. The molecule has 0 fully saturated rings. The minimum atomic E-state index is 0.286. The molecule has 0 saturated heterocycles. The molecule has 0 aliphatic carbocycles. The van der Waals surface area contributed by atoms with E-state index in [0.717, 1.165) is 11.1 Å². The van der Waals surface area contributed by atoms with Gasteiger partial charge in [0.05, 0.1) is 19.0 Å². The summed E-state index contributed by atoms with van der Waals surface area (Å²) >= 11 is 12.2. The third kappa shape index (κ3) is 4.34. The van der Waals surface area contributed by atoms with Crippen LogP contribution < -0.4 is 10.1 Å². The fraction of sp³-hybridized carbons (Fsp3) is 0.118. The second kappa shape index (κ2) is 7.99. The summed E-state index contributed by atoms with van der Waals surface area (Å²) < 4.78 is 5.75. The van der Waals surface area contributed by atoms with E-state index in [2.05, 4.69) is 0 Å². The van der Waals surface area contributed by atoms with Gasteiger partial charge >= 0.3 is 0 Å². The highest BCUT2D eigenvalue weighted by atomic mass is 35.5. The van der Waals surface area contributed by atoms with Crippen LogP contribution in [0.1, 0.15) is 11.1 Å². The standard InChI is InChI=1S/C17H16Cl2N2O/c1-21-9-8-17(20)12-4-2-5-13(10-12)22-11-14-15(18)6-3-7-16(14)19/h2-10,20-21H,11H2,1H3/p+1/b9-8-,20-17?. The summed E-state index contributed by atoms with van der Waals surface area (Å²) in [7, 11) is 1.91. The first-order valence-electron chi connectivity index (χ1n) is 6.82. The Kier molecular flexibility index (Phi) is 6.01. The van der Waals surface area contributed by atoms with E-state index in [0.29, 0.717) is 21.5 Å². The highest BCUT2D eigenvalue weighted by Crippen LogP contribution is 2.26. The minimum Gasteiger partial charge on any atom is -0.489 e. The number of nitrogens with one attached hydrogen (secondary N) is 1. The van der Waals surface area contributed by atoms with Gasteiger partial charge in [-0.05, 0) is 24.3 Å². The van der Waals surface area contributed by atoms with E-state index in [1.807, 2.05) is 42.8 Å². The largest absolute Gasteiger partial charge is 0.489 e. The molecule has 3 nitrogen and oxygen atoms in total. The smallest absolute Gasteiger partial charge is 0.120 e. The topological polar surface area (TPSA) is 49.7 Å². The lowest BCUT2D eigenvalue weighted by Crippen LogP contribution is -2.72. The molecule has 22 heavy (non-hydrogen) atoms. The number of hydrogen-bond donors (Lipinski definition) is 2. The van der Waals surface area contributed by atoms with Crippen molar-refractivity contribution in [1.82, 2.24) is 0 Å². The molecule has 0 aromatic heterocycles. The molecular formula is C17H17Cl2N2O+. The molecule has 0 saturated carbocycles. The maximum Gasteiger partial charge on any atom is 0.120 e. The van der Waals surface area contributed by atoms with Gasteiger partial charge < -0.3 is 15.5 Å². The predicted octanol–water partition coefficient (Wildman–Crippen LogP) is 3.65. The Hall–Kier alpha value is -1.81. The number of ether oxygens (including phenoxy) is 1. The van der Waals surface area contributed by atoms with E-state index >= 15 is 0 Å². The molecular weight excluding hydrogens is 319 g/mol. The van der Waals surface area contributed by atoms with Crippen LogP contribution >= 0.6 is 23.2 Å². The number of nitrogens with two attached hydrogens (primary N) is 1. The van der Waals surface area contributed by atoms with Crippen molar-refractivity contribution in [3.8, 4) is 5.75 Å². The molecule has 2 aromatic rings. The second-order valence-electron chi connectivity index (χ2n) is 4.62. The summed E-state index contributed by atoms with van der Waals surface area (Å²) in [4.78, 5) is 0. The Labute approximate surface area is 140 Å². The third-order valence-corrected chi connectivity index (χ3v) is 3.75. The molecule has 0 heterocycles. The van der Waals surface area contributed by atoms with E-state index in [1.165, 1.54) is 0 Å². The normalized spacial score (nSPS) is 10.9. The van der Waals surface area contributed by atoms with Crippen molar-refractivity contribution in [2.45, 2.75) is 6.61 Å². The summed E-state index contributed by atoms with van der Waals surface area (Å²) in [5.41, 5.74) is 1.98. The molecule has 0 unspecified atom stereocenters. The Morgan fingerprint density at radius 3 is 2.55 bits per heavy atom. The zero-order valence-electron chi connectivity index (χ0n) is 12.1. The molecule has 2 aromatic carbocycles. The number of rotatable bonds is 6. The molecule has 0 aliphatic rings. The van der Waals surface area contributed by atoms with Gasteiger partial charge in [-0.1, -0.05) is 41.4 Å². The van der Waals surface area contributed by atoms with Crippen molar-refractivity contribution in [3.63, 3.8) is 0 Å². The molecule has 0 amide bonds. The number of hydrogen-bond acceptors (Lipinski definition) is 2. The lowest BCUT2D eigenvalue weighted by Gasteiger charge is -2.10. The maximum atomic E-state index is 7.99. The van der Waals surface area contributed by atoms with Crippen LogP contribution in [-0.2, 0) is 6.61 Å². The molecule has 2 rings (SSSR count). The Morgan fingerprint density at radius 2 is 1.86 bits per heavy atom. The summed E-state index contributed by atoms with van der Waals surface area (Å²) in [5.74, 6) is 0.673. The van der Waals surface area contributed by atoms with Gasteiger partial charge in [-0.2, -0.15) is 0 Å². The monoisotopic (exact) mass is 335 g/mol. The van der Waals surface area contributed by atoms with Gasteiger partial charge in [0.25, 0.3) is 0 Å². The highest BCUT2D eigenvalue weighted by molar-refractivity contribution is 6.35. The van der Waals surface area contributed by atoms with Gasteiger partial charge in [0.15, 0.2) is 0 Å². The summed E-state index contributed by atoms with van der Waals surface area (Å²) in [6.45, 7) is 0.286. The quantitative estimate of drug-likeness (QED) is 0.778. The Morgan fingerprint density at radius 1 is 1.18 bits per heavy atom. The summed E-state index contributed by atoms with van der Waals surface area (Å²) in [5, 5.41) is 11.0. The van der Waals surface area contributed by atoms with Crippen LogP contribution in [0.5, 0.6) is 5.75 Å². The fourth-order valence-corrected chi connectivity index (χ4v) is 2.37. The van der Waals surface area contributed by atoms with Gasteiger partial charge in [-0.15, -0.1) is 0 Å². The fourth-order valence-electron chi connectivity index (χ4n) is 1.87. The molecule has 5 heteroatoms. The molecule has 3 N–H and O–H groups in total. The summed E-state index contributed by atoms with van der Waals surface area (Å²) in [6.07, 6.45) is 3.57. The Balaban J connectivity index is 2.11. The predicted molar refractivity (Wildman–Crippen MR) is 91.1 cm³/mol. The molecule has 0 radical (unpaired) electrons. The molecule has 0 aliphatic heterocycles. The first-order valence-corrected chi connectivity index (χ1v) is 7.58. The van der Waals surface area contributed by atoms with Crippen molar-refractivity contribution in [2.24, 2.45) is 0 Å². The van der Waals surface area contributed by atoms with E-state index < -0.39 is 0 Å². The third-order valence-electron chi connectivity index (χ3n) is 3.05. The number of halogens is 2. The van der Waals surface area contributed by atoms with Crippen molar-refractivity contribution in [2.75, 3.05) is 7.05 Å². The van der Waals surface area contributed by atoms with Crippen molar-refractivity contribution in [1.29, 1.82) is 5.41 Å². The van der Waals surface area contributed by atoms with E-state index in [1.54, 1.807) is 24.3 Å². The lowest BCUT2D eigenvalue weighted by atomic mass is 10.1. The van der Waals surface area contributed by atoms with Crippen LogP contribution in [-0.4, -0.2) is 12.8 Å². The van der Waals surface area contributed by atoms with E-state index in [4.69, 9.17) is 33.3 Å². The van der Waals surface area contributed by atoms with Gasteiger partial charge in [-0.25, -0.2) is 0 Å². The maximum absolute atomic E-state index is 7.99. The molecule has 0 bridgehead atoms. The van der Waals surface area contributed by atoms with Crippen molar-refractivity contribution >= 4 is 28.9 Å². The Bertz CT molecular complexity index is 679. The zero-order valence-corrected chi connectivity index (χ0v) is 13.7. The van der Waals surface area contributed by atoms with E-state index in [9.17, 15) is 0 Å².